The number of methoxy groups -OCH3 is 2. The summed E-state index contributed by atoms with van der Waals surface area (Å²) < 4.78 is 37.0. The van der Waals surface area contributed by atoms with Crippen LogP contribution in [0.3, 0.4) is 0 Å². The molecule has 2 amide bonds. The number of sulfonamides is 1. The monoisotopic (exact) mass is 601 g/mol. The third-order valence-electron chi connectivity index (χ3n) is 6.58. The number of likely N-dealkylation sites (N-methyl/N-ethyl adjacent to an activating group) is 1. The number of benzene rings is 3. The number of nitrogens with one attached hydrogen (secondary N) is 1. The van der Waals surface area contributed by atoms with Crippen LogP contribution in [0.2, 0.25) is 5.02 Å². The van der Waals surface area contributed by atoms with E-state index in [4.69, 9.17) is 21.1 Å². The number of carbonyl (C=O) groups excluding carboxylic acids is 2. The Hall–Kier alpha value is -3.76. The topological polar surface area (TPSA) is 105 Å². The van der Waals surface area contributed by atoms with Crippen molar-refractivity contribution < 1.29 is 27.5 Å². The molecule has 0 aliphatic heterocycles. The van der Waals surface area contributed by atoms with Crippen LogP contribution in [0.25, 0.3) is 0 Å². The molecular formula is C30H36ClN3O6S. The minimum atomic E-state index is -3.67. The quantitative estimate of drug-likeness (QED) is 0.296. The summed E-state index contributed by atoms with van der Waals surface area (Å²) in [5.41, 5.74) is 2.07. The first-order chi connectivity index (χ1) is 19.6. The van der Waals surface area contributed by atoms with Crippen molar-refractivity contribution in [1.82, 2.24) is 10.2 Å². The molecule has 11 heteroatoms. The second-order valence-corrected chi connectivity index (χ2v) is 11.8. The molecule has 0 heterocycles. The maximum Gasteiger partial charge on any atom is 0.242 e. The predicted molar refractivity (Wildman–Crippen MR) is 161 cm³/mol. The van der Waals surface area contributed by atoms with E-state index in [-0.39, 0.29) is 42.8 Å². The lowest BCUT2D eigenvalue weighted by Gasteiger charge is -2.31. The number of anilines is 1. The van der Waals surface area contributed by atoms with E-state index in [1.54, 1.807) is 37.3 Å². The molecule has 1 N–H and O–H groups in total. The van der Waals surface area contributed by atoms with Crippen molar-refractivity contribution in [3.8, 4) is 11.5 Å². The van der Waals surface area contributed by atoms with Gasteiger partial charge in [-0.25, -0.2) is 8.42 Å². The van der Waals surface area contributed by atoms with E-state index < -0.39 is 16.1 Å². The van der Waals surface area contributed by atoms with E-state index in [0.717, 1.165) is 17.4 Å². The van der Waals surface area contributed by atoms with Gasteiger partial charge in [-0.3, -0.25) is 13.9 Å². The maximum atomic E-state index is 13.8. The number of hydrogen-bond donors (Lipinski definition) is 1. The lowest BCUT2D eigenvalue weighted by Crippen LogP contribution is -2.49. The molecule has 0 fully saturated rings. The second kappa shape index (κ2) is 14.7. The number of amides is 2. The zero-order valence-electron chi connectivity index (χ0n) is 23.7. The highest BCUT2D eigenvalue weighted by molar-refractivity contribution is 7.92. The van der Waals surface area contributed by atoms with Crippen LogP contribution in [0.1, 0.15) is 24.0 Å². The third-order valence-corrected chi connectivity index (χ3v) is 8.07. The first-order valence-corrected chi connectivity index (χ1v) is 15.3. The molecule has 0 aromatic heterocycles. The van der Waals surface area contributed by atoms with Gasteiger partial charge in [-0.1, -0.05) is 54.1 Å². The summed E-state index contributed by atoms with van der Waals surface area (Å²) in [5, 5.41) is 2.96. The van der Waals surface area contributed by atoms with Crippen LogP contribution in [-0.4, -0.2) is 65.2 Å². The maximum absolute atomic E-state index is 13.8. The molecule has 0 saturated carbocycles. The number of halogens is 1. The highest BCUT2D eigenvalue weighted by Gasteiger charge is 2.30. The largest absolute Gasteiger partial charge is 0.497 e. The van der Waals surface area contributed by atoms with E-state index in [9.17, 15) is 18.0 Å². The molecule has 3 rings (SSSR count). The Morgan fingerprint density at radius 1 is 0.951 bits per heavy atom. The van der Waals surface area contributed by atoms with Crippen molar-refractivity contribution in [2.45, 2.75) is 31.8 Å². The summed E-state index contributed by atoms with van der Waals surface area (Å²) in [6.07, 6.45) is 1.65. The average molecular weight is 602 g/mol. The number of rotatable bonds is 14. The zero-order chi connectivity index (χ0) is 30.0. The Morgan fingerprint density at radius 2 is 1.66 bits per heavy atom. The van der Waals surface area contributed by atoms with Crippen molar-refractivity contribution in [2.75, 3.05) is 38.4 Å². The van der Waals surface area contributed by atoms with Crippen LogP contribution in [0.4, 0.5) is 5.69 Å². The summed E-state index contributed by atoms with van der Waals surface area (Å²) in [7, 11) is 0.906. The van der Waals surface area contributed by atoms with Gasteiger partial charge in [-0.05, 0) is 47.9 Å². The van der Waals surface area contributed by atoms with Gasteiger partial charge in [0.05, 0.1) is 31.2 Å². The lowest BCUT2D eigenvalue weighted by atomic mass is 10.0. The van der Waals surface area contributed by atoms with Crippen LogP contribution >= 0.6 is 11.6 Å². The van der Waals surface area contributed by atoms with Crippen molar-refractivity contribution in [1.29, 1.82) is 0 Å². The van der Waals surface area contributed by atoms with E-state index in [2.05, 4.69) is 5.32 Å². The Kier molecular flexibility index (Phi) is 11.4. The zero-order valence-corrected chi connectivity index (χ0v) is 25.2. The molecule has 0 bridgehead atoms. The second-order valence-electron chi connectivity index (χ2n) is 9.45. The smallest absolute Gasteiger partial charge is 0.242 e. The molecule has 0 aliphatic carbocycles. The molecule has 41 heavy (non-hydrogen) atoms. The molecule has 220 valence electrons. The summed E-state index contributed by atoms with van der Waals surface area (Å²) in [4.78, 5) is 28.4. The Morgan fingerprint density at radius 3 is 2.27 bits per heavy atom. The van der Waals surface area contributed by atoms with E-state index in [1.165, 1.54) is 17.5 Å². The van der Waals surface area contributed by atoms with Gasteiger partial charge in [-0.15, -0.1) is 0 Å². The normalized spacial score (nSPS) is 11.8. The van der Waals surface area contributed by atoms with E-state index in [0.29, 0.717) is 23.6 Å². The minimum Gasteiger partial charge on any atom is -0.497 e. The predicted octanol–water partition coefficient (Wildman–Crippen LogP) is 4.29. The first kappa shape index (κ1) is 31.8. The Balaban J connectivity index is 1.86. The van der Waals surface area contributed by atoms with Crippen LogP contribution < -0.4 is 19.1 Å². The Labute approximate surface area is 247 Å². The van der Waals surface area contributed by atoms with Gasteiger partial charge in [0.1, 0.15) is 17.5 Å². The fraction of sp³-hybridized carbons (Fsp3) is 0.333. The third kappa shape index (κ3) is 8.86. The van der Waals surface area contributed by atoms with Crippen molar-refractivity contribution in [2.24, 2.45) is 0 Å². The fourth-order valence-electron chi connectivity index (χ4n) is 4.50. The minimum absolute atomic E-state index is 0.0160. The van der Waals surface area contributed by atoms with Crippen molar-refractivity contribution >= 4 is 39.1 Å². The molecular weight excluding hydrogens is 566 g/mol. The molecule has 0 radical (unpaired) electrons. The van der Waals surface area contributed by atoms with Crippen LogP contribution in [-0.2, 0) is 32.6 Å². The number of ether oxygens (including phenoxy) is 2. The molecule has 9 nitrogen and oxygen atoms in total. The highest BCUT2D eigenvalue weighted by atomic mass is 35.5. The molecule has 0 saturated heterocycles. The molecule has 3 aromatic carbocycles. The van der Waals surface area contributed by atoms with Gasteiger partial charge in [0.25, 0.3) is 0 Å². The van der Waals surface area contributed by atoms with Gasteiger partial charge in [0.15, 0.2) is 0 Å². The lowest BCUT2D eigenvalue weighted by molar-refractivity contribution is -0.141. The van der Waals surface area contributed by atoms with Crippen molar-refractivity contribution in [3.05, 3.63) is 88.9 Å². The summed E-state index contributed by atoms with van der Waals surface area (Å²) in [6, 6.07) is 20.7. The molecule has 0 spiro atoms. The molecule has 3 aromatic rings. The first-order valence-electron chi connectivity index (χ1n) is 13.1. The number of carbonyl (C=O) groups is 2. The highest BCUT2D eigenvalue weighted by Crippen LogP contribution is 2.30. The summed E-state index contributed by atoms with van der Waals surface area (Å²) in [5.74, 6) is 0.483. The van der Waals surface area contributed by atoms with E-state index >= 15 is 0 Å². The molecule has 1 atom stereocenters. The fourth-order valence-corrected chi connectivity index (χ4v) is 5.71. The average Bonchev–Trinajstić information content (AvgIpc) is 2.96. The van der Waals surface area contributed by atoms with Crippen LogP contribution in [0.5, 0.6) is 11.5 Å². The number of hydrogen-bond acceptors (Lipinski definition) is 6. The molecule has 1 unspecified atom stereocenters. The van der Waals surface area contributed by atoms with Gasteiger partial charge in [0, 0.05) is 33.0 Å². The summed E-state index contributed by atoms with van der Waals surface area (Å²) >= 11 is 6.24. The van der Waals surface area contributed by atoms with Crippen LogP contribution in [0.15, 0.2) is 72.8 Å². The van der Waals surface area contributed by atoms with Gasteiger partial charge in [-0.2, -0.15) is 0 Å². The van der Waals surface area contributed by atoms with Crippen molar-refractivity contribution in [3.63, 3.8) is 0 Å². The summed E-state index contributed by atoms with van der Waals surface area (Å²) in [6.45, 7) is 0.217. The SMILES string of the molecule is CNC(=O)C(Cc1ccccc1)N(Cc1cccc(OC)c1)C(=O)CCCN(c1ccc(OC)c(Cl)c1)S(C)(=O)=O. The van der Waals surface area contributed by atoms with E-state index in [1.807, 2.05) is 48.5 Å². The van der Waals surface area contributed by atoms with Gasteiger partial charge in [0.2, 0.25) is 21.8 Å². The van der Waals surface area contributed by atoms with Gasteiger partial charge < -0.3 is 19.7 Å². The van der Waals surface area contributed by atoms with Gasteiger partial charge >= 0.3 is 0 Å². The van der Waals surface area contributed by atoms with Crippen LogP contribution in [0, 0.1) is 0 Å². The standard InChI is InChI=1S/C30H36ClN3O6S/c1-32-30(36)27(19-22-10-6-5-7-11-22)33(21-23-12-8-13-25(18-23)39-2)29(35)14-9-17-34(41(4,37)38)24-15-16-28(40-3)26(31)20-24/h5-8,10-13,15-16,18,20,27H,9,14,17,19,21H2,1-4H3,(H,32,36). The number of nitrogens with zero attached hydrogens (tertiary/aromatic N) is 2. The molecule has 0 aliphatic rings. The Bertz CT molecular complexity index is 1440.